The van der Waals surface area contributed by atoms with E-state index < -0.39 is 11.7 Å². The number of alkyl halides is 3. The quantitative estimate of drug-likeness (QED) is 0.625. The maximum atomic E-state index is 13.8. The number of nitrogens with zero attached hydrogens (tertiary/aromatic N) is 5. The Morgan fingerprint density at radius 3 is 2.57 bits per heavy atom. The lowest BCUT2D eigenvalue weighted by atomic mass is 10.0. The first kappa shape index (κ1) is 24.5. The van der Waals surface area contributed by atoms with Gasteiger partial charge in [-0.05, 0) is 57.8 Å². The van der Waals surface area contributed by atoms with Crippen LogP contribution >= 0.6 is 0 Å². The molecule has 4 aliphatic rings. The number of hydrogen-bond donors (Lipinski definition) is 2. The zero-order valence-electron chi connectivity index (χ0n) is 21.0. The van der Waals surface area contributed by atoms with Gasteiger partial charge in [-0.2, -0.15) is 23.1 Å². The highest BCUT2D eigenvalue weighted by Gasteiger charge is 2.38. The maximum Gasteiger partial charge on any atom is 0.418 e. The highest BCUT2D eigenvalue weighted by Crippen LogP contribution is 2.41. The number of aromatic hydroxyl groups is 1. The van der Waals surface area contributed by atoms with Crippen molar-refractivity contribution in [1.82, 2.24) is 20.2 Å². The minimum Gasteiger partial charge on any atom is -0.508 e. The largest absolute Gasteiger partial charge is 0.508 e. The number of aromatic nitrogens is 2. The van der Waals surface area contributed by atoms with Crippen molar-refractivity contribution in [3.63, 3.8) is 0 Å². The molecule has 0 saturated carbocycles. The summed E-state index contributed by atoms with van der Waals surface area (Å²) in [5.41, 5.74) is 0.876. The van der Waals surface area contributed by atoms with Crippen LogP contribution in [-0.4, -0.2) is 77.9 Å². The van der Waals surface area contributed by atoms with E-state index in [1.807, 2.05) is 0 Å². The van der Waals surface area contributed by atoms with Crippen molar-refractivity contribution < 1.29 is 23.0 Å². The number of rotatable bonds is 5. The molecule has 37 heavy (non-hydrogen) atoms. The van der Waals surface area contributed by atoms with Gasteiger partial charge in [0.2, 0.25) is 0 Å². The fourth-order valence-corrected chi connectivity index (χ4v) is 6.27. The van der Waals surface area contributed by atoms with Crippen LogP contribution in [0.25, 0.3) is 0 Å². The zero-order valence-corrected chi connectivity index (χ0v) is 21.0. The van der Waals surface area contributed by atoms with Gasteiger partial charge in [-0.1, -0.05) is 0 Å². The normalized spacial score (nSPS) is 26.0. The van der Waals surface area contributed by atoms with E-state index in [0.717, 1.165) is 68.8 Å². The molecule has 0 aliphatic carbocycles. The van der Waals surface area contributed by atoms with Crippen LogP contribution in [0.2, 0.25) is 0 Å². The van der Waals surface area contributed by atoms with Crippen molar-refractivity contribution in [3.05, 3.63) is 35.0 Å². The number of likely N-dealkylation sites (tertiary alicyclic amines) is 1. The average molecular weight is 519 g/mol. The Labute approximate surface area is 214 Å². The molecule has 3 atom stereocenters. The molecule has 200 valence electrons. The molecule has 6 rings (SSSR count). The number of piperazine rings is 1. The smallest absolute Gasteiger partial charge is 0.418 e. The molecule has 0 amide bonds. The van der Waals surface area contributed by atoms with Crippen molar-refractivity contribution in [1.29, 1.82) is 0 Å². The molecular weight excluding hydrogens is 485 g/mol. The highest BCUT2D eigenvalue weighted by atomic mass is 19.4. The SMILES string of the molecule is CN1CCC[C@H]1COc1nc2c(c(N3CC4CCC(C3)N4)n1)CCN(c1cc(O)ccc1C(F)(F)F)C2. The summed E-state index contributed by atoms with van der Waals surface area (Å²) in [5.74, 6) is 0.656. The first-order valence-electron chi connectivity index (χ1n) is 13.1. The zero-order chi connectivity index (χ0) is 25.7. The number of halogens is 3. The van der Waals surface area contributed by atoms with Crippen LogP contribution in [0.3, 0.4) is 0 Å². The lowest BCUT2D eigenvalue weighted by Crippen LogP contribution is -2.52. The topological polar surface area (TPSA) is 77.0 Å². The summed E-state index contributed by atoms with van der Waals surface area (Å²) in [6.45, 7) is 3.78. The Morgan fingerprint density at radius 1 is 1.08 bits per heavy atom. The summed E-state index contributed by atoms with van der Waals surface area (Å²) < 4.78 is 47.5. The summed E-state index contributed by atoms with van der Waals surface area (Å²) >= 11 is 0. The third-order valence-electron chi connectivity index (χ3n) is 8.24. The van der Waals surface area contributed by atoms with E-state index in [9.17, 15) is 18.3 Å². The Hall–Kier alpha value is -2.79. The van der Waals surface area contributed by atoms with Gasteiger partial charge in [0, 0.05) is 49.4 Å². The van der Waals surface area contributed by atoms with E-state index in [0.29, 0.717) is 43.4 Å². The van der Waals surface area contributed by atoms with Crippen LogP contribution in [0.4, 0.5) is 24.7 Å². The average Bonchev–Trinajstić information content (AvgIpc) is 3.44. The molecule has 0 radical (unpaired) electrons. The van der Waals surface area contributed by atoms with Crippen LogP contribution in [-0.2, 0) is 19.1 Å². The fraction of sp³-hybridized carbons (Fsp3) is 0.615. The third kappa shape index (κ3) is 4.90. The molecule has 5 heterocycles. The first-order chi connectivity index (χ1) is 17.7. The maximum absolute atomic E-state index is 13.8. The van der Waals surface area contributed by atoms with Crippen LogP contribution in [0, 0.1) is 0 Å². The second-order valence-electron chi connectivity index (χ2n) is 10.8. The summed E-state index contributed by atoms with van der Waals surface area (Å²) in [6.07, 6.45) is 0.449. The van der Waals surface area contributed by atoms with Gasteiger partial charge in [-0.3, -0.25) is 0 Å². The molecule has 1 aromatic heterocycles. The molecule has 3 fully saturated rings. The Kier molecular flexibility index (Phi) is 6.30. The fourth-order valence-electron chi connectivity index (χ4n) is 6.27. The summed E-state index contributed by atoms with van der Waals surface area (Å²) in [7, 11) is 2.09. The lowest BCUT2D eigenvalue weighted by molar-refractivity contribution is -0.137. The third-order valence-corrected chi connectivity index (χ3v) is 8.24. The van der Waals surface area contributed by atoms with Gasteiger partial charge in [0.05, 0.1) is 23.5 Å². The van der Waals surface area contributed by atoms with Gasteiger partial charge in [-0.15, -0.1) is 0 Å². The summed E-state index contributed by atoms with van der Waals surface area (Å²) in [5, 5.41) is 13.6. The van der Waals surface area contributed by atoms with Crippen LogP contribution in [0.5, 0.6) is 11.8 Å². The Morgan fingerprint density at radius 2 is 1.86 bits per heavy atom. The monoisotopic (exact) mass is 518 g/mol. The number of phenolic OH excluding ortho intramolecular Hbond substituents is 1. The van der Waals surface area contributed by atoms with Gasteiger partial charge in [-0.25, -0.2) is 0 Å². The van der Waals surface area contributed by atoms with Gasteiger partial charge in [0.1, 0.15) is 18.2 Å². The predicted molar refractivity (Wildman–Crippen MR) is 133 cm³/mol. The minimum atomic E-state index is -4.53. The Bertz CT molecular complexity index is 1150. The van der Waals surface area contributed by atoms with E-state index >= 15 is 0 Å². The molecule has 0 spiro atoms. The predicted octanol–water partition coefficient (Wildman–Crippen LogP) is 3.18. The summed E-state index contributed by atoms with van der Waals surface area (Å²) in [4.78, 5) is 15.8. The number of ether oxygens (including phenoxy) is 1. The molecule has 2 bridgehead atoms. The minimum absolute atomic E-state index is 0.0337. The second-order valence-corrected chi connectivity index (χ2v) is 10.8. The highest BCUT2D eigenvalue weighted by molar-refractivity contribution is 5.61. The molecule has 1 aromatic carbocycles. The van der Waals surface area contributed by atoms with Crippen LogP contribution < -0.4 is 19.9 Å². The van der Waals surface area contributed by atoms with E-state index in [2.05, 4.69) is 22.2 Å². The van der Waals surface area contributed by atoms with Gasteiger partial charge < -0.3 is 29.9 Å². The van der Waals surface area contributed by atoms with Crippen molar-refractivity contribution in [2.24, 2.45) is 0 Å². The van der Waals surface area contributed by atoms with Crippen molar-refractivity contribution in [3.8, 4) is 11.8 Å². The number of anilines is 2. The molecule has 3 saturated heterocycles. The van der Waals surface area contributed by atoms with Gasteiger partial charge in [0.25, 0.3) is 0 Å². The molecule has 4 aliphatic heterocycles. The molecule has 8 nitrogen and oxygen atoms in total. The molecule has 2 aromatic rings. The van der Waals surface area contributed by atoms with Crippen molar-refractivity contribution in [2.45, 2.75) is 63.0 Å². The van der Waals surface area contributed by atoms with Crippen molar-refractivity contribution >= 4 is 11.5 Å². The number of benzene rings is 1. The van der Waals surface area contributed by atoms with E-state index in [4.69, 9.17) is 14.7 Å². The Balaban J connectivity index is 1.33. The second kappa shape index (κ2) is 9.50. The lowest BCUT2D eigenvalue weighted by Gasteiger charge is -2.38. The molecule has 11 heteroatoms. The number of fused-ring (bicyclic) bond motifs is 3. The molecular formula is C26H33F3N6O2. The number of nitrogens with one attached hydrogen (secondary N) is 1. The number of phenols is 1. The van der Waals surface area contributed by atoms with E-state index in [-0.39, 0.29) is 24.0 Å². The first-order valence-corrected chi connectivity index (χ1v) is 13.1. The van der Waals surface area contributed by atoms with Crippen LogP contribution in [0.1, 0.15) is 42.5 Å². The number of hydrogen-bond acceptors (Lipinski definition) is 8. The number of likely N-dealkylation sites (N-methyl/N-ethyl adjacent to an activating group) is 1. The molecule has 2 N–H and O–H groups in total. The van der Waals surface area contributed by atoms with Gasteiger partial charge >= 0.3 is 12.2 Å². The standard InChI is InChI=1S/C26H33F3N6O2/c1-33-9-2-3-18(33)15-37-25-31-22-14-34(23-11-19(36)6-7-21(23)26(27,28)29)10-8-20(22)24(32-25)35-12-16-4-5-17(13-35)30-16/h6-7,11,16-18,30,36H,2-5,8-10,12-15H2,1H3/t16?,17?,18-/m0/s1. The van der Waals surface area contributed by atoms with Gasteiger partial charge in [0.15, 0.2) is 0 Å². The molecule has 2 unspecified atom stereocenters. The van der Waals surface area contributed by atoms with Crippen molar-refractivity contribution in [2.75, 3.05) is 49.6 Å². The van der Waals surface area contributed by atoms with E-state index in [1.165, 1.54) is 6.07 Å². The van der Waals surface area contributed by atoms with Crippen LogP contribution in [0.15, 0.2) is 18.2 Å². The summed E-state index contributed by atoms with van der Waals surface area (Å²) in [6, 6.07) is 4.64. The van der Waals surface area contributed by atoms with E-state index in [1.54, 1.807) is 4.90 Å².